The molecule has 14 heteroatoms. The molecule has 11 nitrogen and oxygen atoms in total. The van der Waals surface area contributed by atoms with Gasteiger partial charge in [0, 0.05) is 11.9 Å². The maximum atomic E-state index is 13.6. The van der Waals surface area contributed by atoms with Crippen molar-refractivity contribution in [3.05, 3.63) is 58.3 Å². The summed E-state index contributed by atoms with van der Waals surface area (Å²) in [5, 5.41) is 8.14. The molecular weight excluding hydrogens is 519 g/mol. The molecule has 0 aliphatic heterocycles. The number of nitrogens with zero attached hydrogens (tertiary/aromatic N) is 1. The van der Waals surface area contributed by atoms with Gasteiger partial charge in [-0.1, -0.05) is 0 Å². The normalized spacial score (nSPS) is 12.2. The fourth-order valence-corrected chi connectivity index (χ4v) is 8.28. The molecule has 0 spiro atoms. The van der Waals surface area contributed by atoms with Gasteiger partial charge in [-0.25, -0.2) is 9.18 Å². The van der Waals surface area contributed by atoms with Gasteiger partial charge in [-0.2, -0.15) is 0 Å². The molecule has 2 rings (SSSR count). The number of hydrogen-bond acceptors (Lipinski definition) is 9. The summed E-state index contributed by atoms with van der Waals surface area (Å²) in [6.07, 6.45) is 1.24. The third-order valence-corrected chi connectivity index (χ3v) is 10.7. The number of carboxylic acid groups (broad SMARTS) is 1. The fourth-order valence-electron chi connectivity index (χ4n) is 3.30. The van der Waals surface area contributed by atoms with E-state index < -0.39 is 50.1 Å². The molecule has 0 amide bonds. The summed E-state index contributed by atoms with van der Waals surface area (Å²) in [6, 6.07) is 6.05. The Morgan fingerprint density at radius 2 is 1.39 bits per heavy atom. The van der Waals surface area contributed by atoms with Crippen LogP contribution in [0.3, 0.4) is 0 Å². The minimum Gasteiger partial charge on any atom is -0.491 e. The van der Waals surface area contributed by atoms with E-state index in [1.165, 1.54) is 24.4 Å². The standard InChI is InChI=1S/C22H30FNO10P2/c1-5-31-35(28,32-6-2)19(36(29,33-7-3)34-8-4)15-30-18-13-14-24(21(25)20(18)22(26)27)17-11-9-16(23)10-12-17/h9-14,19H,5-8,15H2,1-4H3,(H,26,27). The van der Waals surface area contributed by atoms with Gasteiger partial charge >= 0.3 is 21.2 Å². The Morgan fingerprint density at radius 3 is 1.81 bits per heavy atom. The summed E-state index contributed by atoms with van der Waals surface area (Å²) in [7, 11) is -8.33. The van der Waals surface area contributed by atoms with Crippen molar-refractivity contribution in [2.24, 2.45) is 0 Å². The topological polar surface area (TPSA) is 140 Å². The van der Waals surface area contributed by atoms with Crippen LogP contribution in [0, 0.1) is 5.82 Å². The average molecular weight is 549 g/mol. The van der Waals surface area contributed by atoms with Gasteiger partial charge in [-0.15, -0.1) is 0 Å². The van der Waals surface area contributed by atoms with Crippen LogP contribution in [0.4, 0.5) is 4.39 Å². The van der Waals surface area contributed by atoms with E-state index in [-0.39, 0.29) is 37.9 Å². The van der Waals surface area contributed by atoms with Crippen molar-refractivity contribution in [3.63, 3.8) is 0 Å². The van der Waals surface area contributed by atoms with Gasteiger partial charge in [0.1, 0.15) is 18.2 Å². The Kier molecular flexibility index (Phi) is 11.0. The molecule has 0 saturated carbocycles. The SMILES string of the molecule is CCOP(=O)(OCC)C(COc1ccn(-c2ccc(F)cc2)c(=O)c1C(=O)O)P(=O)(OCC)OCC. The van der Waals surface area contributed by atoms with Crippen LogP contribution in [0.2, 0.25) is 0 Å². The van der Waals surface area contributed by atoms with Crippen LogP contribution in [-0.2, 0) is 27.2 Å². The zero-order valence-corrected chi connectivity index (χ0v) is 22.2. The molecule has 36 heavy (non-hydrogen) atoms. The lowest BCUT2D eigenvalue weighted by Crippen LogP contribution is -2.28. The quantitative estimate of drug-likeness (QED) is 0.305. The molecule has 0 radical (unpaired) electrons. The zero-order valence-electron chi connectivity index (χ0n) is 20.4. The van der Waals surface area contributed by atoms with Crippen LogP contribution in [-0.4, -0.2) is 54.1 Å². The molecule has 1 N–H and O–H groups in total. The molecule has 0 fully saturated rings. The van der Waals surface area contributed by atoms with Gasteiger partial charge in [-0.05, 0) is 58.0 Å². The van der Waals surface area contributed by atoms with Crippen LogP contribution in [0.15, 0.2) is 41.3 Å². The highest BCUT2D eigenvalue weighted by molar-refractivity contribution is 7.72. The zero-order chi connectivity index (χ0) is 26.9. The predicted molar refractivity (Wildman–Crippen MR) is 130 cm³/mol. The van der Waals surface area contributed by atoms with Gasteiger partial charge in [-0.3, -0.25) is 18.5 Å². The summed E-state index contributed by atoms with van der Waals surface area (Å²) >= 11 is 0. The Balaban J connectivity index is 2.55. The Bertz CT molecular complexity index is 1130. The number of ether oxygens (including phenoxy) is 1. The van der Waals surface area contributed by atoms with E-state index in [1.54, 1.807) is 27.7 Å². The van der Waals surface area contributed by atoms with Crippen molar-refractivity contribution < 1.29 is 46.3 Å². The lowest BCUT2D eigenvalue weighted by atomic mass is 10.2. The molecule has 0 aliphatic rings. The maximum absolute atomic E-state index is 13.6. The summed E-state index contributed by atoms with van der Waals surface area (Å²) < 4.78 is 68.5. The maximum Gasteiger partial charge on any atom is 0.349 e. The van der Waals surface area contributed by atoms with Crippen LogP contribution in [0.1, 0.15) is 38.1 Å². The monoisotopic (exact) mass is 549 g/mol. The van der Waals surface area contributed by atoms with Gasteiger partial charge in [0.05, 0.1) is 26.4 Å². The van der Waals surface area contributed by atoms with Crippen molar-refractivity contribution in [3.8, 4) is 11.4 Å². The Morgan fingerprint density at radius 1 is 0.917 bits per heavy atom. The molecule has 200 valence electrons. The van der Waals surface area contributed by atoms with Gasteiger partial charge in [0.15, 0.2) is 11.0 Å². The number of aromatic carboxylic acids is 1. The summed E-state index contributed by atoms with van der Waals surface area (Å²) in [5.41, 5.74) is -1.48. The molecule has 0 saturated heterocycles. The van der Waals surface area contributed by atoms with Crippen molar-refractivity contribution in [1.29, 1.82) is 0 Å². The second-order valence-electron chi connectivity index (χ2n) is 7.05. The number of benzene rings is 1. The molecule has 0 aliphatic carbocycles. The number of carboxylic acids is 1. The Labute approximate surface area is 208 Å². The highest BCUT2D eigenvalue weighted by atomic mass is 31.2. The van der Waals surface area contributed by atoms with Crippen LogP contribution in [0.5, 0.6) is 5.75 Å². The first-order valence-electron chi connectivity index (χ1n) is 11.2. The molecule has 1 heterocycles. The van der Waals surface area contributed by atoms with E-state index in [2.05, 4.69) is 0 Å². The number of aromatic nitrogens is 1. The van der Waals surface area contributed by atoms with Crippen molar-refractivity contribution in [2.45, 2.75) is 33.1 Å². The van der Waals surface area contributed by atoms with Crippen LogP contribution >= 0.6 is 15.2 Å². The first kappa shape index (κ1) is 29.9. The number of halogens is 1. The van der Waals surface area contributed by atoms with Crippen molar-refractivity contribution in [1.82, 2.24) is 4.57 Å². The average Bonchev–Trinajstić information content (AvgIpc) is 2.80. The highest BCUT2D eigenvalue weighted by Crippen LogP contribution is 2.70. The van der Waals surface area contributed by atoms with E-state index >= 15 is 0 Å². The molecule has 1 aromatic heterocycles. The number of carbonyl (C=O) groups is 1. The minimum atomic E-state index is -4.16. The van der Waals surface area contributed by atoms with E-state index in [0.717, 1.165) is 16.7 Å². The molecule has 0 unspecified atom stereocenters. The second-order valence-corrected chi connectivity index (χ2v) is 11.9. The number of pyridine rings is 1. The second kappa shape index (κ2) is 13.3. The van der Waals surface area contributed by atoms with Gasteiger partial charge in [0.2, 0.25) is 0 Å². The van der Waals surface area contributed by atoms with E-state index in [9.17, 15) is 28.2 Å². The summed E-state index contributed by atoms with van der Waals surface area (Å²) in [4.78, 5) is 24.9. The lowest BCUT2D eigenvalue weighted by molar-refractivity contribution is 0.0690. The smallest absolute Gasteiger partial charge is 0.349 e. The van der Waals surface area contributed by atoms with Crippen molar-refractivity contribution >= 4 is 21.2 Å². The van der Waals surface area contributed by atoms with Crippen LogP contribution < -0.4 is 10.3 Å². The molecule has 1 aromatic carbocycles. The van der Waals surface area contributed by atoms with Gasteiger partial charge < -0.3 is 27.9 Å². The Hall–Kier alpha value is -2.33. The molecular formula is C22H30FNO10P2. The number of rotatable bonds is 15. The minimum absolute atomic E-state index is 0.0554. The molecule has 2 aromatic rings. The highest BCUT2D eigenvalue weighted by Gasteiger charge is 2.51. The number of hydrogen-bond donors (Lipinski definition) is 1. The van der Waals surface area contributed by atoms with E-state index in [4.69, 9.17) is 22.8 Å². The summed E-state index contributed by atoms with van der Waals surface area (Å²) in [5.74, 6) is -2.51. The first-order chi connectivity index (χ1) is 17.1. The van der Waals surface area contributed by atoms with Crippen molar-refractivity contribution in [2.75, 3.05) is 33.0 Å². The van der Waals surface area contributed by atoms with E-state index in [0.29, 0.717) is 0 Å². The van der Waals surface area contributed by atoms with E-state index in [1.807, 2.05) is 0 Å². The molecule has 0 bridgehead atoms. The fraction of sp³-hybridized carbons (Fsp3) is 0.455. The third kappa shape index (κ3) is 6.91. The largest absolute Gasteiger partial charge is 0.491 e. The lowest BCUT2D eigenvalue weighted by Gasteiger charge is -2.31. The first-order valence-corrected chi connectivity index (χ1v) is 14.4. The summed E-state index contributed by atoms with van der Waals surface area (Å²) in [6.45, 7) is 5.36. The van der Waals surface area contributed by atoms with Crippen LogP contribution in [0.25, 0.3) is 5.69 Å². The molecule has 0 atom stereocenters. The van der Waals surface area contributed by atoms with Gasteiger partial charge in [0.25, 0.3) is 5.56 Å². The third-order valence-electron chi connectivity index (χ3n) is 4.73. The predicted octanol–water partition coefficient (Wildman–Crippen LogP) is 4.91.